The predicted molar refractivity (Wildman–Crippen MR) is 108 cm³/mol. The maximum Gasteiger partial charge on any atom is 0.355 e. The number of H-pyrrole nitrogens is 1. The van der Waals surface area contributed by atoms with Gasteiger partial charge in [0.1, 0.15) is 16.4 Å². The third-order valence-corrected chi connectivity index (χ3v) is 6.68. The van der Waals surface area contributed by atoms with Crippen LogP contribution in [0.5, 0.6) is 0 Å². The van der Waals surface area contributed by atoms with Crippen molar-refractivity contribution in [3.8, 4) is 0 Å². The van der Waals surface area contributed by atoms with Crippen LogP contribution in [-0.4, -0.2) is 73.9 Å². The van der Waals surface area contributed by atoms with E-state index in [0.29, 0.717) is 18.8 Å². The van der Waals surface area contributed by atoms with E-state index >= 15 is 0 Å². The van der Waals surface area contributed by atoms with Gasteiger partial charge in [0.25, 0.3) is 5.91 Å². The highest BCUT2D eigenvalue weighted by Gasteiger charge is 2.29. The Balaban J connectivity index is 1.61. The first-order valence-electron chi connectivity index (χ1n) is 9.65. The summed E-state index contributed by atoms with van der Waals surface area (Å²) >= 11 is 0. The third-order valence-electron chi connectivity index (χ3n) is 4.80. The molecular weight excluding hydrogens is 429 g/mol. The number of amides is 1. The summed E-state index contributed by atoms with van der Waals surface area (Å²) in [6, 6.07) is 7.02. The Morgan fingerprint density at radius 1 is 1.29 bits per heavy atom. The summed E-state index contributed by atoms with van der Waals surface area (Å²) in [5, 5.41) is 0. The molecule has 168 valence electrons. The number of benzene rings is 1. The number of aromatic nitrogens is 1. The zero-order valence-corrected chi connectivity index (χ0v) is 18.0. The smallest absolute Gasteiger partial charge is 0.355 e. The van der Waals surface area contributed by atoms with Crippen molar-refractivity contribution in [2.75, 3.05) is 33.4 Å². The van der Waals surface area contributed by atoms with Crippen molar-refractivity contribution in [1.29, 1.82) is 0 Å². The fraction of sp³-hybridized carbons (Fsp3) is 0.400. The summed E-state index contributed by atoms with van der Waals surface area (Å²) < 4.78 is 50.2. The lowest BCUT2D eigenvalue weighted by Gasteiger charge is -2.25. The normalized spacial score (nSPS) is 16.0. The molecule has 1 aromatic carbocycles. The molecule has 1 saturated heterocycles. The van der Waals surface area contributed by atoms with Gasteiger partial charge in [0.15, 0.2) is 6.10 Å². The third kappa shape index (κ3) is 5.49. The van der Waals surface area contributed by atoms with Crippen LogP contribution in [0.3, 0.4) is 0 Å². The van der Waals surface area contributed by atoms with Crippen LogP contribution >= 0.6 is 0 Å². The summed E-state index contributed by atoms with van der Waals surface area (Å²) in [6.45, 7) is 2.63. The molecule has 0 radical (unpaired) electrons. The predicted octanol–water partition coefficient (Wildman–Crippen LogP) is 1.38. The zero-order chi connectivity index (χ0) is 22.6. The molecule has 1 unspecified atom stereocenters. The summed E-state index contributed by atoms with van der Waals surface area (Å²) in [5.74, 6) is -1.75. The van der Waals surface area contributed by atoms with E-state index in [2.05, 4.69) is 4.98 Å². The number of nitrogens with one attached hydrogen (secondary N) is 1. The first-order chi connectivity index (χ1) is 14.7. The van der Waals surface area contributed by atoms with E-state index in [1.807, 2.05) is 0 Å². The SMILES string of the molecule is CC(OC(=O)c1cc(S(=O)(=O)N2CCOCC2)c[nH]1)C(=O)N(C)Cc1cccc(F)c1. The van der Waals surface area contributed by atoms with Crippen molar-refractivity contribution in [2.24, 2.45) is 0 Å². The highest BCUT2D eigenvalue weighted by atomic mass is 32.2. The van der Waals surface area contributed by atoms with Crippen LogP contribution in [0.2, 0.25) is 0 Å². The van der Waals surface area contributed by atoms with Gasteiger partial charge in [0.05, 0.1) is 13.2 Å². The highest BCUT2D eigenvalue weighted by molar-refractivity contribution is 7.89. The lowest BCUT2D eigenvalue weighted by atomic mass is 10.2. The Labute approximate surface area is 179 Å². The van der Waals surface area contributed by atoms with Crippen molar-refractivity contribution in [3.05, 3.63) is 53.6 Å². The molecule has 1 N–H and O–H groups in total. The second kappa shape index (κ2) is 9.58. The molecule has 2 aromatic rings. The molecule has 2 heterocycles. The molecule has 11 heteroatoms. The molecular formula is C20H24FN3O6S. The lowest BCUT2D eigenvalue weighted by molar-refractivity contribution is -0.139. The molecule has 1 fully saturated rings. The number of carbonyl (C=O) groups excluding carboxylic acids is 2. The Morgan fingerprint density at radius 2 is 2.00 bits per heavy atom. The number of ether oxygens (including phenoxy) is 2. The van der Waals surface area contributed by atoms with Crippen LogP contribution in [0.25, 0.3) is 0 Å². The molecule has 1 atom stereocenters. The summed E-state index contributed by atoms with van der Waals surface area (Å²) in [5.41, 5.74) is 0.510. The van der Waals surface area contributed by atoms with Gasteiger partial charge in [-0.15, -0.1) is 0 Å². The molecule has 1 aliphatic rings. The largest absolute Gasteiger partial charge is 0.448 e. The Kier molecular flexibility index (Phi) is 7.08. The molecule has 1 aromatic heterocycles. The lowest BCUT2D eigenvalue weighted by Crippen LogP contribution is -2.40. The number of hydrogen-bond acceptors (Lipinski definition) is 6. The van der Waals surface area contributed by atoms with Gasteiger partial charge in [-0.3, -0.25) is 4.79 Å². The van der Waals surface area contributed by atoms with E-state index in [1.54, 1.807) is 12.1 Å². The van der Waals surface area contributed by atoms with Gasteiger partial charge < -0.3 is 19.4 Å². The molecule has 1 amide bonds. The van der Waals surface area contributed by atoms with Gasteiger partial charge in [-0.25, -0.2) is 17.6 Å². The molecule has 0 aliphatic carbocycles. The highest BCUT2D eigenvalue weighted by Crippen LogP contribution is 2.19. The number of likely N-dealkylation sites (N-methyl/N-ethyl adjacent to an activating group) is 1. The number of halogens is 1. The molecule has 0 saturated carbocycles. The number of rotatable bonds is 7. The maximum atomic E-state index is 13.3. The number of esters is 1. The molecule has 0 bridgehead atoms. The molecule has 1 aliphatic heterocycles. The van der Waals surface area contributed by atoms with Gasteiger partial charge in [-0.1, -0.05) is 12.1 Å². The zero-order valence-electron chi connectivity index (χ0n) is 17.2. The van der Waals surface area contributed by atoms with Gasteiger partial charge >= 0.3 is 5.97 Å². The minimum absolute atomic E-state index is 0.0662. The average molecular weight is 453 g/mol. The van der Waals surface area contributed by atoms with Crippen LogP contribution in [0.15, 0.2) is 41.4 Å². The Bertz CT molecular complexity index is 1050. The molecule has 9 nitrogen and oxygen atoms in total. The van der Waals surface area contributed by atoms with Crippen LogP contribution in [0.4, 0.5) is 4.39 Å². The van der Waals surface area contributed by atoms with E-state index in [-0.39, 0.29) is 30.2 Å². The van der Waals surface area contributed by atoms with Crippen LogP contribution in [0, 0.1) is 5.82 Å². The minimum Gasteiger partial charge on any atom is -0.448 e. The van der Waals surface area contributed by atoms with Gasteiger partial charge in [0.2, 0.25) is 10.0 Å². The number of morpholine rings is 1. The van der Waals surface area contributed by atoms with Crippen LogP contribution in [0.1, 0.15) is 23.0 Å². The summed E-state index contributed by atoms with van der Waals surface area (Å²) in [4.78, 5) is 28.7. The summed E-state index contributed by atoms with van der Waals surface area (Å²) in [6.07, 6.45) is 0.0953. The number of aromatic amines is 1. The fourth-order valence-electron chi connectivity index (χ4n) is 3.15. The van der Waals surface area contributed by atoms with Crippen molar-refractivity contribution < 1.29 is 31.9 Å². The number of nitrogens with zero attached hydrogens (tertiary/aromatic N) is 2. The van der Waals surface area contributed by atoms with Crippen molar-refractivity contribution >= 4 is 21.9 Å². The first-order valence-corrected chi connectivity index (χ1v) is 11.1. The van der Waals surface area contributed by atoms with E-state index in [4.69, 9.17) is 9.47 Å². The molecule has 3 rings (SSSR count). The standard InChI is InChI=1S/C20H24FN3O6S/c1-14(19(25)23(2)13-15-4-3-5-16(21)10-15)30-20(26)18-11-17(12-22-18)31(27,28)24-6-8-29-9-7-24/h3-5,10-12,14,22H,6-9,13H2,1-2H3. The van der Waals surface area contributed by atoms with Crippen molar-refractivity contribution in [3.63, 3.8) is 0 Å². The van der Waals surface area contributed by atoms with E-state index < -0.39 is 33.8 Å². The van der Waals surface area contributed by atoms with E-state index in [9.17, 15) is 22.4 Å². The van der Waals surface area contributed by atoms with Crippen LogP contribution < -0.4 is 0 Å². The molecule has 31 heavy (non-hydrogen) atoms. The number of hydrogen-bond donors (Lipinski definition) is 1. The van der Waals surface area contributed by atoms with Crippen molar-refractivity contribution in [1.82, 2.24) is 14.2 Å². The topological polar surface area (TPSA) is 109 Å². The average Bonchev–Trinajstić information content (AvgIpc) is 3.25. The quantitative estimate of drug-likeness (QED) is 0.635. The minimum atomic E-state index is -3.76. The van der Waals surface area contributed by atoms with Gasteiger partial charge in [0, 0.05) is 32.9 Å². The van der Waals surface area contributed by atoms with Crippen molar-refractivity contribution in [2.45, 2.75) is 24.5 Å². The second-order valence-electron chi connectivity index (χ2n) is 7.14. The first kappa shape index (κ1) is 22.9. The van der Waals surface area contributed by atoms with Gasteiger partial charge in [-0.2, -0.15) is 4.31 Å². The van der Waals surface area contributed by atoms with E-state index in [1.165, 1.54) is 47.6 Å². The number of sulfonamides is 1. The number of carbonyl (C=O) groups is 2. The second-order valence-corrected chi connectivity index (χ2v) is 9.08. The fourth-order valence-corrected chi connectivity index (χ4v) is 4.55. The molecule has 0 spiro atoms. The van der Waals surface area contributed by atoms with Gasteiger partial charge in [-0.05, 0) is 30.7 Å². The Morgan fingerprint density at radius 3 is 2.68 bits per heavy atom. The maximum absolute atomic E-state index is 13.3. The van der Waals surface area contributed by atoms with E-state index in [0.717, 1.165) is 0 Å². The Hall–Kier alpha value is -2.76. The summed E-state index contributed by atoms with van der Waals surface area (Å²) in [7, 11) is -2.25. The monoisotopic (exact) mass is 453 g/mol. The van der Waals surface area contributed by atoms with Crippen LogP contribution in [-0.2, 0) is 30.8 Å².